The Hall–Kier alpha value is -1.03. The first-order valence-electron chi connectivity index (χ1n) is 8.98. The lowest BCUT2D eigenvalue weighted by Gasteiger charge is -2.35. The summed E-state index contributed by atoms with van der Waals surface area (Å²) in [6, 6.07) is 0. The number of hydrogen-bond donors (Lipinski definition) is 2. The van der Waals surface area contributed by atoms with E-state index in [0.717, 1.165) is 56.2 Å². The molecule has 0 spiro atoms. The zero-order chi connectivity index (χ0) is 16.8. The topological polar surface area (TPSA) is 57.5 Å². The highest BCUT2D eigenvalue weighted by Crippen LogP contribution is 2.18. The van der Waals surface area contributed by atoms with Gasteiger partial charge in [-0.1, -0.05) is 40.0 Å². The second kappa shape index (κ2) is 12.5. The van der Waals surface area contributed by atoms with Crippen molar-refractivity contribution >= 4 is 5.97 Å². The van der Waals surface area contributed by atoms with Gasteiger partial charge in [-0.2, -0.15) is 0 Å². The molecule has 0 heterocycles. The lowest BCUT2D eigenvalue weighted by Crippen LogP contribution is -2.45. The minimum atomic E-state index is -0.737. The largest absolute Gasteiger partial charge is 0.507 e. The van der Waals surface area contributed by atoms with Crippen molar-refractivity contribution < 1.29 is 19.5 Å². The van der Waals surface area contributed by atoms with Crippen molar-refractivity contribution in [1.82, 2.24) is 0 Å². The first kappa shape index (κ1) is 21.0. The molecule has 4 heteroatoms. The van der Waals surface area contributed by atoms with Crippen molar-refractivity contribution in [2.75, 3.05) is 19.6 Å². The highest BCUT2D eigenvalue weighted by molar-refractivity contribution is 5.66. The third kappa shape index (κ3) is 9.82. The Labute approximate surface area is 136 Å². The van der Waals surface area contributed by atoms with Gasteiger partial charge in [0.25, 0.3) is 0 Å². The molecule has 130 valence electrons. The van der Waals surface area contributed by atoms with Crippen LogP contribution < -0.4 is 0 Å². The highest BCUT2D eigenvalue weighted by atomic mass is 16.4. The molecular formula is C18H36NO3+. The average Bonchev–Trinajstić information content (AvgIpc) is 2.44. The molecule has 22 heavy (non-hydrogen) atoms. The number of allylic oxidation sites excluding steroid dienone is 1. The summed E-state index contributed by atoms with van der Waals surface area (Å²) in [5.41, 5.74) is 0. The molecule has 4 nitrogen and oxygen atoms in total. The summed E-state index contributed by atoms with van der Waals surface area (Å²) < 4.78 is 0.722. The van der Waals surface area contributed by atoms with Crippen LogP contribution in [0.25, 0.3) is 0 Å². The van der Waals surface area contributed by atoms with Crippen LogP contribution in [0.4, 0.5) is 0 Å². The van der Waals surface area contributed by atoms with E-state index in [1.165, 1.54) is 12.8 Å². The normalized spacial score (nSPS) is 12.6. The number of rotatable bonds is 14. The summed E-state index contributed by atoms with van der Waals surface area (Å²) in [6.45, 7) is 9.20. The van der Waals surface area contributed by atoms with Gasteiger partial charge in [-0.05, 0) is 19.3 Å². The van der Waals surface area contributed by atoms with Crippen LogP contribution >= 0.6 is 0 Å². The third-order valence-electron chi connectivity index (χ3n) is 4.04. The number of aliphatic hydroxyl groups is 1. The van der Waals surface area contributed by atoms with Crippen LogP contribution in [0.1, 0.15) is 78.6 Å². The van der Waals surface area contributed by atoms with Gasteiger partial charge in [-0.25, -0.2) is 0 Å². The maximum absolute atomic E-state index is 10.8. The standard InChI is InChI=1S/C18H35NO3/c1-4-7-8-9-11-17(20)16-19(13-5-2,14-6-3)15-10-12-18(21)22/h16H,4-15H2,1-3H3,(H-,20,21,22)/p+1/b17-16-. The molecule has 0 atom stereocenters. The van der Waals surface area contributed by atoms with Crippen LogP contribution in [0.15, 0.2) is 12.0 Å². The zero-order valence-corrected chi connectivity index (χ0v) is 14.8. The third-order valence-corrected chi connectivity index (χ3v) is 4.04. The molecule has 0 aromatic rings. The fourth-order valence-electron chi connectivity index (χ4n) is 3.08. The van der Waals surface area contributed by atoms with Gasteiger partial charge in [0.15, 0.2) is 0 Å². The zero-order valence-electron chi connectivity index (χ0n) is 14.8. The number of hydrogen-bond acceptors (Lipinski definition) is 2. The van der Waals surface area contributed by atoms with E-state index in [1.807, 2.05) is 6.20 Å². The van der Waals surface area contributed by atoms with E-state index in [2.05, 4.69) is 20.8 Å². The summed E-state index contributed by atoms with van der Waals surface area (Å²) in [7, 11) is 0. The van der Waals surface area contributed by atoms with Crippen LogP contribution in [0, 0.1) is 0 Å². The number of aliphatic hydroxyl groups excluding tert-OH is 1. The molecule has 0 rings (SSSR count). The molecule has 0 amide bonds. The quantitative estimate of drug-likeness (QED) is 0.273. The predicted molar refractivity (Wildman–Crippen MR) is 91.8 cm³/mol. The molecule has 0 aliphatic rings. The van der Waals surface area contributed by atoms with Crippen molar-refractivity contribution in [3.8, 4) is 0 Å². The van der Waals surface area contributed by atoms with Gasteiger partial charge in [-0.3, -0.25) is 9.28 Å². The summed E-state index contributed by atoms with van der Waals surface area (Å²) in [4.78, 5) is 10.8. The van der Waals surface area contributed by atoms with Crippen LogP contribution in [0.3, 0.4) is 0 Å². The maximum Gasteiger partial charge on any atom is 0.303 e. The van der Waals surface area contributed by atoms with Gasteiger partial charge < -0.3 is 10.2 Å². The number of carboxylic acids is 1. The number of unbranched alkanes of at least 4 members (excludes halogenated alkanes) is 3. The molecule has 0 unspecified atom stereocenters. The number of carbonyl (C=O) groups is 1. The first-order chi connectivity index (χ1) is 10.5. The van der Waals surface area contributed by atoms with Crippen LogP contribution in [0.2, 0.25) is 0 Å². The second-order valence-electron chi connectivity index (χ2n) is 6.32. The van der Waals surface area contributed by atoms with E-state index < -0.39 is 5.97 Å². The Bertz CT molecular complexity index is 320. The fourth-order valence-corrected chi connectivity index (χ4v) is 3.08. The molecule has 0 aliphatic heterocycles. The Kier molecular flexibility index (Phi) is 11.9. The van der Waals surface area contributed by atoms with Gasteiger partial charge in [0.2, 0.25) is 0 Å². The van der Waals surface area contributed by atoms with Crippen molar-refractivity contribution in [3.05, 3.63) is 12.0 Å². The smallest absolute Gasteiger partial charge is 0.303 e. The Morgan fingerprint density at radius 1 is 0.818 bits per heavy atom. The van der Waals surface area contributed by atoms with E-state index >= 15 is 0 Å². The minimum Gasteiger partial charge on any atom is -0.507 e. The first-order valence-corrected chi connectivity index (χ1v) is 8.98. The Morgan fingerprint density at radius 3 is 1.95 bits per heavy atom. The van der Waals surface area contributed by atoms with Crippen molar-refractivity contribution in [2.45, 2.75) is 78.6 Å². The van der Waals surface area contributed by atoms with Crippen LogP contribution in [-0.2, 0) is 4.79 Å². The molecule has 0 aromatic heterocycles. The highest BCUT2D eigenvalue weighted by Gasteiger charge is 2.24. The number of carboxylic acid groups (broad SMARTS) is 1. The molecule has 2 N–H and O–H groups in total. The van der Waals surface area contributed by atoms with Gasteiger partial charge in [0.1, 0.15) is 12.0 Å². The van der Waals surface area contributed by atoms with Crippen molar-refractivity contribution in [3.63, 3.8) is 0 Å². The lowest BCUT2D eigenvalue weighted by molar-refractivity contribution is -0.880. The van der Waals surface area contributed by atoms with E-state index in [-0.39, 0.29) is 6.42 Å². The lowest BCUT2D eigenvalue weighted by atomic mass is 10.1. The Morgan fingerprint density at radius 2 is 1.45 bits per heavy atom. The fraction of sp³-hybridized carbons (Fsp3) is 0.833. The van der Waals surface area contributed by atoms with Gasteiger partial charge in [0.05, 0.1) is 26.1 Å². The number of aliphatic carboxylic acids is 1. The maximum atomic E-state index is 10.8. The van der Waals surface area contributed by atoms with Gasteiger partial charge in [-0.15, -0.1) is 0 Å². The van der Waals surface area contributed by atoms with Crippen LogP contribution in [-0.4, -0.2) is 40.3 Å². The molecule has 0 saturated heterocycles. The van der Waals surface area contributed by atoms with Gasteiger partial charge in [0, 0.05) is 12.8 Å². The molecule has 0 fully saturated rings. The summed E-state index contributed by atoms with van der Waals surface area (Å²) >= 11 is 0. The van der Waals surface area contributed by atoms with Gasteiger partial charge >= 0.3 is 5.97 Å². The molecule has 0 bridgehead atoms. The number of nitrogens with zero attached hydrogens (tertiary/aromatic N) is 1. The molecule has 0 aromatic carbocycles. The van der Waals surface area contributed by atoms with Crippen LogP contribution in [0.5, 0.6) is 0 Å². The summed E-state index contributed by atoms with van der Waals surface area (Å²) in [6.07, 6.45) is 10.3. The average molecular weight is 314 g/mol. The Balaban J connectivity index is 4.74. The van der Waals surface area contributed by atoms with E-state index in [1.54, 1.807) is 0 Å². The molecule has 0 aliphatic carbocycles. The molecular weight excluding hydrogens is 278 g/mol. The second-order valence-corrected chi connectivity index (χ2v) is 6.32. The summed E-state index contributed by atoms with van der Waals surface area (Å²) in [5, 5.41) is 19.1. The van der Waals surface area contributed by atoms with E-state index in [0.29, 0.717) is 12.2 Å². The minimum absolute atomic E-state index is 0.207. The summed E-state index contributed by atoms with van der Waals surface area (Å²) in [5.74, 6) is -0.257. The SMILES string of the molecule is CCCCCC/C(O)=C/[N+](CCC)(CCC)CCCC(=O)O. The predicted octanol–water partition coefficient (Wildman–Crippen LogP) is 4.86. The van der Waals surface area contributed by atoms with E-state index in [9.17, 15) is 9.90 Å². The van der Waals surface area contributed by atoms with E-state index in [4.69, 9.17) is 5.11 Å². The molecule has 0 saturated carbocycles. The van der Waals surface area contributed by atoms with Crippen molar-refractivity contribution in [2.24, 2.45) is 0 Å². The number of quaternary nitrogens is 1. The molecule has 0 radical (unpaired) electrons. The van der Waals surface area contributed by atoms with Crippen molar-refractivity contribution in [1.29, 1.82) is 0 Å². The monoisotopic (exact) mass is 314 g/mol.